The van der Waals surface area contributed by atoms with Crippen molar-refractivity contribution in [3.05, 3.63) is 233 Å². The molecular weight excluding hydrogens is 771 g/mol. The molecule has 2 aliphatic carbocycles. The van der Waals surface area contributed by atoms with Gasteiger partial charge < -0.3 is 0 Å². The van der Waals surface area contributed by atoms with Crippen LogP contribution in [0.2, 0.25) is 0 Å². The lowest BCUT2D eigenvalue weighted by molar-refractivity contribution is 0.662. The number of nitrogens with zero attached hydrogens (tertiary/aromatic N) is 3. The molecule has 8 aromatic carbocycles. The maximum Gasteiger partial charge on any atom is 0.164 e. The standard InChI is InChI=1S/C58H41N3S/c1-36-52(39-15-4-2-5-16-39)55-54(48-23-12-13-26-51(48)62-55)49-25-14-24-45(53(36)49)37-27-31-41(32-28-37)57-59-56(40-17-6-3-7-18-40)60-58(61-57)42-33-29-38(30-34-42)50-35-43-19-8-9-20-44(43)46-21-10-11-22-47(46)50/h2-34,36,50,52H,35H2,1H3. The van der Waals surface area contributed by atoms with Crippen molar-refractivity contribution in [1.29, 1.82) is 0 Å². The maximum atomic E-state index is 5.16. The molecule has 10 aromatic rings. The van der Waals surface area contributed by atoms with Gasteiger partial charge in [-0.2, -0.15) is 0 Å². The Labute approximate surface area is 366 Å². The SMILES string of the molecule is CC1c2c(-c3ccc(-c4nc(-c5ccccc5)nc(-c5ccc(C6Cc7ccccc7-c7ccccc76)cc5)n4)cc3)cccc2-c2c(sc3ccccc23)C1c1ccccc1. The molecule has 2 aromatic heterocycles. The molecule has 0 amide bonds. The molecule has 0 fully saturated rings. The molecule has 2 heterocycles. The van der Waals surface area contributed by atoms with E-state index in [9.17, 15) is 0 Å². The Hall–Kier alpha value is -7.27. The van der Waals surface area contributed by atoms with E-state index in [0.29, 0.717) is 17.5 Å². The van der Waals surface area contributed by atoms with Gasteiger partial charge in [-0.1, -0.05) is 201 Å². The quantitative estimate of drug-likeness (QED) is 0.168. The highest BCUT2D eigenvalue weighted by molar-refractivity contribution is 7.19. The lowest BCUT2D eigenvalue weighted by Crippen LogP contribution is -2.16. The van der Waals surface area contributed by atoms with Crippen LogP contribution in [0.25, 0.3) is 77.6 Å². The first-order chi connectivity index (χ1) is 30.7. The van der Waals surface area contributed by atoms with E-state index in [-0.39, 0.29) is 17.8 Å². The van der Waals surface area contributed by atoms with Crippen molar-refractivity contribution < 1.29 is 0 Å². The van der Waals surface area contributed by atoms with Gasteiger partial charge in [-0.3, -0.25) is 0 Å². The predicted octanol–water partition coefficient (Wildman–Crippen LogP) is 15.0. The number of benzene rings is 8. The normalized spacial score (nSPS) is 16.2. The monoisotopic (exact) mass is 811 g/mol. The molecule has 62 heavy (non-hydrogen) atoms. The minimum absolute atomic E-state index is 0.265. The minimum Gasteiger partial charge on any atom is -0.208 e. The zero-order valence-electron chi connectivity index (χ0n) is 34.2. The highest BCUT2D eigenvalue weighted by atomic mass is 32.1. The van der Waals surface area contributed by atoms with Crippen LogP contribution in [0.4, 0.5) is 0 Å². The van der Waals surface area contributed by atoms with Crippen LogP contribution in [0.1, 0.15) is 57.4 Å². The Kier molecular flexibility index (Phi) is 8.86. The fourth-order valence-electron chi connectivity index (χ4n) is 10.2. The molecule has 0 spiro atoms. The molecule has 12 rings (SSSR count). The average Bonchev–Trinajstić information content (AvgIpc) is 3.73. The van der Waals surface area contributed by atoms with Gasteiger partial charge in [0.1, 0.15) is 0 Å². The molecule has 4 heteroatoms. The van der Waals surface area contributed by atoms with E-state index in [1.165, 1.54) is 76.2 Å². The number of rotatable bonds is 6. The Bertz CT molecular complexity index is 3280. The Morgan fingerprint density at radius 1 is 0.435 bits per heavy atom. The van der Waals surface area contributed by atoms with Crippen LogP contribution >= 0.6 is 11.3 Å². The lowest BCUT2D eigenvalue weighted by atomic mass is 9.70. The van der Waals surface area contributed by atoms with Crippen molar-refractivity contribution in [2.45, 2.75) is 31.1 Å². The summed E-state index contributed by atoms with van der Waals surface area (Å²) in [6.07, 6.45) is 0.973. The molecule has 3 unspecified atom stereocenters. The maximum absolute atomic E-state index is 5.16. The van der Waals surface area contributed by atoms with Gasteiger partial charge in [0, 0.05) is 49.1 Å². The van der Waals surface area contributed by atoms with Crippen molar-refractivity contribution in [2.75, 3.05) is 0 Å². The highest BCUT2D eigenvalue weighted by Crippen LogP contribution is 2.57. The van der Waals surface area contributed by atoms with Crippen molar-refractivity contribution in [1.82, 2.24) is 15.0 Å². The second-order valence-electron chi connectivity index (χ2n) is 16.7. The predicted molar refractivity (Wildman–Crippen MR) is 257 cm³/mol. The molecule has 2 aliphatic rings. The van der Waals surface area contributed by atoms with E-state index in [4.69, 9.17) is 15.0 Å². The number of aromatic nitrogens is 3. The molecule has 0 N–H and O–H groups in total. The van der Waals surface area contributed by atoms with Gasteiger partial charge in [0.2, 0.25) is 0 Å². The van der Waals surface area contributed by atoms with Gasteiger partial charge >= 0.3 is 0 Å². The highest BCUT2D eigenvalue weighted by Gasteiger charge is 2.36. The number of thiophene rings is 1. The molecule has 0 saturated carbocycles. The van der Waals surface area contributed by atoms with Gasteiger partial charge in [-0.05, 0) is 74.0 Å². The molecule has 0 saturated heterocycles. The van der Waals surface area contributed by atoms with Crippen LogP contribution in [0.5, 0.6) is 0 Å². The van der Waals surface area contributed by atoms with Crippen LogP contribution < -0.4 is 0 Å². The first-order valence-corrected chi connectivity index (χ1v) is 22.4. The summed E-state index contributed by atoms with van der Waals surface area (Å²) < 4.78 is 1.34. The lowest BCUT2D eigenvalue weighted by Gasteiger charge is -2.34. The summed E-state index contributed by atoms with van der Waals surface area (Å²) in [6.45, 7) is 2.42. The van der Waals surface area contributed by atoms with E-state index in [1.54, 1.807) is 0 Å². The number of hydrogen-bond acceptors (Lipinski definition) is 4. The Balaban J connectivity index is 0.922. The topological polar surface area (TPSA) is 38.7 Å². The van der Waals surface area contributed by atoms with E-state index in [0.717, 1.165) is 23.1 Å². The van der Waals surface area contributed by atoms with Crippen LogP contribution in [-0.2, 0) is 6.42 Å². The summed E-state index contributed by atoms with van der Waals surface area (Å²) in [5.74, 6) is 2.80. The van der Waals surface area contributed by atoms with Gasteiger partial charge in [0.25, 0.3) is 0 Å². The Morgan fingerprint density at radius 2 is 0.984 bits per heavy atom. The third-order valence-corrected chi connectivity index (χ3v) is 14.4. The first kappa shape index (κ1) is 36.6. The van der Waals surface area contributed by atoms with Crippen LogP contribution in [0, 0.1) is 0 Å². The van der Waals surface area contributed by atoms with Crippen molar-refractivity contribution in [3.63, 3.8) is 0 Å². The van der Waals surface area contributed by atoms with Gasteiger partial charge in [0.15, 0.2) is 17.5 Å². The third-order valence-electron chi connectivity index (χ3n) is 13.2. The number of fused-ring (bicyclic) bond motifs is 8. The van der Waals surface area contributed by atoms with Gasteiger partial charge in [-0.15, -0.1) is 11.3 Å². The van der Waals surface area contributed by atoms with Crippen molar-refractivity contribution in [2.24, 2.45) is 0 Å². The molecule has 0 radical (unpaired) electrons. The zero-order valence-corrected chi connectivity index (χ0v) is 35.1. The van der Waals surface area contributed by atoms with Gasteiger partial charge in [0.05, 0.1) is 0 Å². The summed E-state index contributed by atoms with van der Waals surface area (Å²) in [6, 6.07) is 72.5. The van der Waals surface area contributed by atoms with Crippen LogP contribution in [-0.4, -0.2) is 15.0 Å². The molecule has 0 aliphatic heterocycles. The van der Waals surface area contributed by atoms with E-state index in [2.05, 4.69) is 189 Å². The fraction of sp³-hybridized carbons (Fsp3) is 0.0862. The largest absolute Gasteiger partial charge is 0.208 e. The van der Waals surface area contributed by atoms with E-state index < -0.39 is 0 Å². The summed E-state index contributed by atoms with van der Waals surface area (Å²) in [5.41, 5.74) is 17.6. The summed E-state index contributed by atoms with van der Waals surface area (Å²) in [5, 5.41) is 1.34. The molecule has 0 bridgehead atoms. The molecule has 294 valence electrons. The van der Waals surface area contributed by atoms with E-state index >= 15 is 0 Å². The van der Waals surface area contributed by atoms with Crippen LogP contribution in [0.15, 0.2) is 200 Å². The minimum atomic E-state index is 0.265. The average molecular weight is 812 g/mol. The summed E-state index contributed by atoms with van der Waals surface area (Å²) in [7, 11) is 0. The second kappa shape index (κ2) is 15.0. The van der Waals surface area contributed by atoms with Crippen molar-refractivity contribution in [3.8, 4) is 67.5 Å². The third kappa shape index (κ3) is 6.13. The fourth-order valence-corrected chi connectivity index (χ4v) is 11.7. The van der Waals surface area contributed by atoms with Crippen molar-refractivity contribution >= 4 is 21.4 Å². The molecule has 3 atom stereocenters. The van der Waals surface area contributed by atoms with E-state index in [1.807, 2.05) is 29.5 Å². The van der Waals surface area contributed by atoms with Gasteiger partial charge in [-0.25, -0.2) is 15.0 Å². The number of hydrogen-bond donors (Lipinski definition) is 0. The Morgan fingerprint density at radius 3 is 1.73 bits per heavy atom. The molecule has 3 nitrogen and oxygen atoms in total. The molecular formula is C58H41N3S. The second-order valence-corrected chi connectivity index (χ2v) is 17.7. The van der Waals surface area contributed by atoms with Crippen LogP contribution in [0.3, 0.4) is 0 Å². The smallest absolute Gasteiger partial charge is 0.164 e. The summed E-state index contributed by atoms with van der Waals surface area (Å²) >= 11 is 1.95. The summed E-state index contributed by atoms with van der Waals surface area (Å²) in [4.78, 5) is 16.8. The first-order valence-electron chi connectivity index (χ1n) is 21.6. The zero-order chi connectivity index (χ0) is 41.1.